The Morgan fingerprint density at radius 2 is 1.00 bits per heavy atom. The van der Waals surface area contributed by atoms with Crippen molar-refractivity contribution in [3.05, 3.63) is 94.6 Å². The number of ether oxygens (including phenoxy) is 2. The van der Waals surface area contributed by atoms with Gasteiger partial charge in [-0.2, -0.15) is 0 Å². The van der Waals surface area contributed by atoms with Crippen molar-refractivity contribution in [2.45, 2.75) is 37.9 Å². The van der Waals surface area contributed by atoms with Crippen molar-refractivity contribution in [1.82, 2.24) is 0 Å². The molecule has 2 aliphatic heterocycles. The van der Waals surface area contributed by atoms with Crippen LogP contribution in [0.4, 0.5) is 8.78 Å². The molecule has 0 N–H and O–H groups in total. The van der Waals surface area contributed by atoms with E-state index in [4.69, 9.17) is 9.47 Å². The van der Waals surface area contributed by atoms with Crippen LogP contribution in [0.25, 0.3) is 0 Å². The van der Waals surface area contributed by atoms with Crippen molar-refractivity contribution < 1.29 is 18.3 Å². The van der Waals surface area contributed by atoms with Gasteiger partial charge in [-0.25, -0.2) is 8.78 Å². The Bertz CT molecular complexity index is 937. The summed E-state index contributed by atoms with van der Waals surface area (Å²) in [5.74, 6) is 1.18. The molecule has 0 aliphatic carbocycles. The van der Waals surface area contributed by atoms with E-state index in [1.54, 1.807) is 24.3 Å². The number of benzene rings is 3. The Labute approximate surface area is 162 Å². The van der Waals surface area contributed by atoms with E-state index in [0.717, 1.165) is 33.8 Å². The SMILES string of the molecule is CC1(c2ccc(F)cc2)Cc2cc3c(cc2O1)CC(C)(c1ccc(F)cc1)O3. The van der Waals surface area contributed by atoms with Crippen LogP contribution in [-0.2, 0) is 24.0 Å². The van der Waals surface area contributed by atoms with Crippen molar-refractivity contribution >= 4 is 0 Å². The Morgan fingerprint density at radius 1 is 0.643 bits per heavy atom. The second-order valence-electron chi connectivity index (χ2n) is 8.10. The van der Waals surface area contributed by atoms with Crippen molar-refractivity contribution in [3.63, 3.8) is 0 Å². The van der Waals surface area contributed by atoms with Gasteiger partial charge in [0.1, 0.15) is 34.3 Å². The van der Waals surface area contributed by atoms with Gasteiger partial charge in [-0.1, -0.05) is 24.3 Å². The van der Waals surface area contributed by atoms with Crippen LogP contribution in [0.3, 0.4) is 0 Å². The summed E-state index contributed by atoms with van der Waals surface area (Å²) in [6.45, 7) is 4.05. The van der Waals surface area contributed by atoms with Crippen molar-refractivity contribution in [1.29, 1.82) is 0 Å². The normalized spacial score (nSPS) is 25.0. The highest BCUT2D eigenvalue weighted by Crippen LogP contribution is 2.48. The predicted molar refractivity (Wildman–Crippen MR) is 103 cm³/mol. The molecule has 2 atom stereocenters. The highest BCUT2D eigenvalue weighted by molar-refractivity contribution is 5.53. The molecule has 2 nitrogen and oxygen atoms in total. The van der Waals surface area contributed by atoms with Gasteiger partial charge < -0.3 is 9.47 Å². The average molecular weight is 378 g/mol. The summed E-state index contributed by atoms with van der Waals surface area (Å²) in [6, 6.07) is 17.0. The molecule has 4 heteroatoms. The number of hydrogen-bond donors (Lipinski definition) is 0. The molecule has 0 saturated carbocycles. The summed E-state index contributed by atoms with van der Waals surface area (Å²) in [4.78, 5) is 0. The molecule has 3 aromatic rings. The second-order valence-corrected chi connectivity index (χ2v) is 8.10. The lowest BCUT2D eigenvalue weighted by Crippen LogP contribution is -2.27. The van der Waals surface area contributed by atoms with E-state index in [1.807, 2.05) is 26.0 Å². The van der Waals surface area contributed by atoms with Gasteiger partial charge in [0.05, 0.1) is 0 Å². The number of rotatable bonds is 2. The minimum atomic E-state index is -0.522. The third kappa shape index (κ3) is 2.67. The first-order chi connectivity index (χ1) is 13.3. The number of hydrogen-bond acceptors (Lipinski definition) is 2. The maximum Gasteiger partial charge on any atom is 0.135 e. The van der Waals surface area contributed by atoms with Crippen molar-refractivity contribution in [3.8, 4) is 11.5 Å². The lowest BCUT2D eigenvalue weighted by atomic mass is 9.89. The largest absolute Gasteiger partial charge is 0.482 e. The molecular formula is C24H20F2O2. The van der Waals surface area contributed by atoms with Crippen LogP contribution in [-0.4, -0.2) is 0 Å². The lowest BCUT2D eigenvalue weighted by molar-refractivity contribution is 0.114. The fraction of sp³-hybridized carbons (Fsp3) is 0.250. The molecule has 0 radical (unpaired) electrons. The first-order valence-corrected chi connectivity index (χ1v) is 9.41. The van der Waals surface area contributed by atoms with Gasteiger partial charge in [-0.05, 0) is 61.4 Å². The zero-order valence-corrected chi connectivity index (χ0v) is 15.8. The molecule has 0 spiro atoms. The molecule has 2 aliphatic rings. The zero-order valence-electron chi connectivity index (χ0n) is 15.8. The van der Waals surface area contributed by atoms with E-state index < -0.39 is 11.2 Å². The van der Waals surface area contributed by atoms with Crippen molar-refractivity contribution in [2.24, 2.45) is 0 Å². The lowest BCUT2D eigenvalue weighted by Gasteiger charge is -2.25. The summed E-state index contributed by atoms with van der Waals surface area (Å²) < 4.78 is 39.2. The average Bonchev–Trinajstić information content (AvgIpc) is 3.16. The Balaban J connectivity index is 1.44. The topological polar surface area (TPSA) is 18.5 Å². The molecule has 28 heavy (non-hydrogen) atoms. The Hall–Kier alpha value is -2.88. The third-order valence-electron chi connectivity index (χ3n) is 5.88. The first kappa shape index (κ1) is 17.2. The Morgan fingerprint density at radius 3 is 1.36 bits per heavy atom. The minimum Gasteiger partial charge on any atom is -0.482 e. The van der Waals surface area contributed by atoms with E-state index in [2.05, 4.69) is 0 Å². The molecule has 0 saturated heterocycles. The summed E-state index contributed by atoms with van der Waals surface area (Å²) in [6.07, 6.45) is 1.38. The molecule has 142 valence electrons. The summed E-state index contributed by atoms with van der Waals surface area (Å²) in [5, 5.41) is 0. The second kappa shape index (κ2) is 5.81. The van der Waals surface area contributed by atoms with Crippen LogP contribution in [0, 0.1) is 11.6 Å². The number of fused-ring (bicyclic) bond motifs is 2. The van der Waals surface area contributed by atoms with E-state index in [9.17, 15) is 8.78 Å². The molecule has 2 unspecified atom stereocenters. The molecule has 2 heterocycles. The standard InChI is InChI=1S/C24H20F2O2/c1-23(17-3-7-19(25)8-4-17)13-15-11-22-16(12-21(15)27-23)14-24(2,28-22)18-5-9-20(26)10-6-18/h3-12H,13-14H2,1-2H3. The van der Waals surface area contributed by atoms with E-state index in [0.29, 0.717) is 12.8 Å². The van der Waals surface area contributed by atoms with Gasteiger partial charge in [0.25, 0.3) is 0 Å². The van der Waals surface area contributed by atoms with Crippen LogP contribution in [0.2, 0.25) is 0 Å². The highest BCUT2D eigenvalue weighted by atomic mass is 19.1. The highest BCUT2D eigenvalue weighted by Gasteiger charge is 2.41. The maximum atomic E-state index is 13.3. The van der Waals surface area contributed by atoms with Crippen LogP contribution in [0.15, 0.2) is 60.7 Å². The number of halogens is 2. The predicted octanol–water partition coefficient (Wildman–Crippen LogP) is 5.67. The van der Waals surface area contributed by atoms with Crippen molar-refractivity contribution in [2.75, 3.05) is 0 Å². The molecule has 0 bridgehead atoms. The maximum absolute atomic E-state index is 13.3. The molecule has 0 amide bonds. The van der Waals surface area contributed by atoms with Gasteiger partial charge in [0.15, 0.2) is 0 Å². The van der Waals surface area contributed by atoms with Crippen LogP contribution >= 0.6 is 0 Å². The Kier molecular flexibility index (Phi) is 3.57. The first-order valence-electron chi connectivity index (χ1n) is 9.41. The van der Waals surface area contributed by atoms with Gasteiger partial charge in [-0.15, -0.1) is 0 Å². The van der Waals surface area contributed by atoms with E-state index >= 15 is 0 Å². The quantitative estimate of drug-likeness (QED) is 0.572. The third-order valence-corrected chi connectivity index (χ3v) is 5.88. The van der Waals surface area contributed by atoms with E-state index in [-0.39, 0.29) is 11.6 Å². The van der Waals surface area contributed by atoms with Gasteiger partial charge >= 0.3 is 0 Å². The van der Waals surface area contributed by atoms with E-state index in [1.165, 1.54) is 24.3 Å². The smallest absolute Gasteiger partial charge is 0.135 e. The molecule has 5 rings (SSSR count). The van der Waals surface area contributed by atoms with Crippen LogP contribution in [0.5, 0.6) is 11.5 Å². The fourth-order valence-corrected chi connectivity index (χ4v) is 4.32. The van der Waals surface area contributed by atoms with Crippen LogP contribution < -0.4 is 9.47 Å². The summed E-state index contributed by atoms with van der Waals surface area (Å²) >= 11 is 0. The zero-order chi connectivity index (χ0) is 19.5. The fourth-order valence-electron chi connectivity index (χ4n) is 4.32. The molecule has 0 fully saturated rings. The van der Waals surface area contributed by atoms with Gasteiger partial charge in [-0.3, -0.25) is 0 Å². The van der Waals surface area contributed by atoms with Gasteiger partial charge in [0.2, 0.25) is 0 Å². The molecule has 3 aromatic carbocycles. The summed E-state index contributed by atoms with van der Waals surface area (Å²) in [7, 11) is 0. The van der Waals surface area contributed by atoms with Crippen LogP contribution in [0.1, 0.15) is 36.1 Å². The minimum absolute atomic E-state index is 0.254. The monoisotopic (exact) mass is 378 g/mol. The molecular weight excluding hydrogens is 358 g/mol. The molecule has 0 aromatic heterocycles. The summed E-state index contributed by atoms with van der Waals surface area (Å²) in [5.41, 5.74) is 3.00. The van der Waals surface area contributed by atoms with Gasteiger partial charge in [0, 0.05) is 24.0 Å².